The molecule has 6 nitrogen and oxygen atoms in total. The molecule has 0 radical (unpaired) electrons. The molecule has 120 valence electrons. The lowest BCUT2D eigenvalue weighted by molar-refractivity contribution is -0.139. The van der Waals surface area contributed by atoms with Crippen LogP contribution < -0.4 is 5.32 Å². The molecule has 0 aliphatic carbocycles. The van der Waals surface area contributed by atoms with Gasteiger partial charge in [-0.2, -0.15) is 0 Å². The van der Waals surface area contributed by atoms with Gasteiger partial charge in [-0.05, 0) is 30.9 Å². The summed E-state index contributed by atoms with van der Waals surface area (Å²) in [6.07, 6.45) is 10.2. The van der Waals surface area contributed by atoms with Crippen molar-refractivity contribution in [3.8, 4) is 0 Å². The summed E-state index contributed by atoms with van der Waals surface area (Å²) in [5.74, 6) is -1.74. The first-order chi connectivity index (χ1) is 10.6. The molecule has 3 N–H and O–H groups in total. The van der Waals surface area contributed by atoms with Gasteiger partial charge < -0.3 is 15.5 Å². The fraction of sp³-hybridized carbons (Fsp3) is 0.438. The molecular formula is C16H22N2O4. The SMILES string of the molecule is C1=CC[C@@H](c2cccnc2)NC1.O=C(O)CCCCC(=O)O. The molecule has 0 bridgehead atoms. The Labute approximate surface area is 129 Å². The second kappa shape index (κ2) is 10.5. The van der Waals surface area contributed by atoms with E-state index in [0.717, 1.165) is 13.0 Å². The van der Waals surface area contributed by atoms with Crippen LogP contribution in [0.3, 0.4) is 0 Å². The zero-order valence-corrected chi connectivity index (χ0v) is 12.4. The number of carbonyl (C=O) groups is 2. The second-order valence-electron chi connectivity index (χ2n) is 4.95. The lowest BCUT2D eigenvalue weighted by Gasteiger charge is -2.19. The van der Waals surface area contributed by atoms with E-state index in [2.05, 4.69) is 28.5 Å². The average molecular weight is 306 g/mol. The van der Waals surface area contributed by atoms with Gasteiger partial charge in [0.2, 0.25) is 0 Å². The Kier molecular flexibility index (Phi) is 8.52. The summed E-state index contributed by atoms with van der Waals surface area (Å²) in [5.41, 5.74) is 1.28. The number of rotatable bonds is 6. The van der Waals surface area contributed by atoms with Gasteiger partial charge in [0.15, 0.2) is 0 Å². The summed E-state index contributed by atoms with van der Waals surface area (Å²) in [7, 11) is 0. The molecule has 1 aromatic heterocycles. The van der Waals surface area contributed by atoms with Crippen LogP contribution in [0.4, 0.5) is 0 Å². The van der Waals surface area contributed by atoms with E-state index >= 15 is 0 Å². The molecule has 0 saturated carbocycles. The molecule has 2 rings (SSSR count). The third-order valence-corrected chi connectivity index (χ3v) is 3.14. The molecule has 0 fully saturated rings. The highest BCUT2D eigenvalue weighted by molar-refractivity contribution is 5.67. The van der Waals surface area contributed by atoms with Crippen molar-refractivity contribution in [2.75, 3.05) is 6.54 Å². The third-order valence-electron chi connectivity index (χ3n) is 3.14. The number of carboxylic acid groups (broad SMARTS) is 2. The highest BCUT2D eigenvalue weighted by Crippen LogP contribution is 2.17. The fourth-order valence-electron chi connectivity index (χ4n) is 2.00. The average Bonchev–Trinajstić information content (AvgIpc) is 2.54. The van der Waals surface area contributed by atoms with Crippen LogP contribution in [0.1, 0.15) is 43.7 Å². The van der Waals surface area contributed by atoms with Gasteiger partial charge in [-0.15, -0.1) is 0 Å². The van der Waals surface area contributed by atoms with Crippen molar-refractivity contribution in [1.82, 2.24) is 10.3 Å². The van der Waals surface area contributed by atoms with E-state index in [-0.39, 0.29) is 12.8 Å². The highest BCUT2D eigenvalue weighted by atomic mass is 16.4. The van der Waals surface area contributed by atoms with Gasteiger partial charge in [0, 0.05) is 37.8 Å². The molecule has 0 spiro atoms. The normalized spacial score (nSPS) is 16.5. The minimum atomic E-state index is -0.870. The van der Waals surface area contributed by atoms with Crippen LogP contribution in [-0.4, -0.2) is 33.7 Å². The number of hydrogen-bond acceptors (Lipinski definition) is 4. The van der Waals surface area contributed by atoms with Gasteiger partial charge in [0.25, 0.3) is 0 Å². The minimum absolute atomic E-state index is 0.0628. The molecule has 1 aromatic rings. The maximum Gasteiger partial charge on any atom is 0.303 e. The maximum atomic E-state index is 9.90. The molecule has 1 aliphatic rings. The number of carboxylic acids is 2. The lowest BCUT2D eigenvalue weighted by atomic mass is 10.0. The smallest absolute Gasteiger partial charge is 0.303 e. The molecule has 2 heterocycles. The maximum absolute atomic E-state index is 9.90. The highest BCUT2D eigenvalue weighted by Gasteiger charge is 2.10. The van der Waals surface area contributed by atoms with Crippen molar-refractivity contribution in [1.29, 1.82) is 0 Å². The van der Waals surface area contributed by atoms with E-state index in [1.807, 2.05) is 18.5 Å². The van der Waals surface area contributed by atoms with Gasteiger partial charge in [-0.25, -0.2) is 0 Å². The van der Waals surface area contributed by atoms with Gasteiger partial charge in [0.1, 0.15) is 0 Å². The molecular weight excluding hydrogens is 284 g/mol. The summed E-state index contributed by atoms with van der Waals surface area (Å²) in [6, 6.07) is 4.56. The van der Waals surface area contributed by atoms with Crippen LogP contribution in [0, 0.1) is 0 Å². The number of unbranched alkanes of at least 4 members (excludes halogenated alkanes) is 1. The molecule has 22 heavy (non-hydrogen) atoms. The van der Waals surface area contributed by atoms with Crippen LogP contribution in [0.5, 0.6) is 0 Å². The van der Waals surface area contributed by atoms with E-state index in [9.17, 15) is 9.59 Å². The number of aliphatic carboxylic acids is 2. The largest absolute Gasteiger partial charge is 0.481 e. The zero-order valence-electron chi connectivity index (χ0n) is 12.4. The van der Waals surface area contributed by atoms with Crippen molar-refractivity contribution in [2.24, 2.45) is 0 Å². The predicted octanol–water partition coefficient (Wildman–Crippen LogP) is 2.39. The zero-order chi connectivity index (χ0) is 16.2. The first-order valence-electron chi connectivity index (χ1n) is 7.31. The van der Waals surface area contributed by atoms with E-state index < -0.39 is 11.9 Å². The Hall–Kier alpha value is -2.21. The van der Waals surface area contributed by atoms with Gasteiger partial charge in [0.05, 0.1) is 0 Å². The Bertz CT molecular complexity index is 472. The molecule has 6 heteroatoms. The number of nitrogens with zero attached hydrogens (tertiary/aromatic N) is 1. The van der Waals surface area contributed by atoms with Crippen LogP contribution >= 0.6 is 0 Å². The lowest BCUT2D eigenvalue weighted by Crippen LogP contribution is -2.23. The van der Waals surface area contributed by atoms with Crippen molar-refractivity contribution < 1.29 is 19.8 Å². The quantitative estimate of drug-likeness (QED) is 0.551. The first-order valence-corrected chi connectivity index (χ1v) is 7.31. The molecule has 1 atom stereocenters. The second-order valence-corrected chi connectivity index (χ2v) is 4.95. The predicted molar refractivity (Wildman–Crippen MR) is 82.5 cm³/mol. The first kappa shape index (κ1) is 17.8. The number of nitrogens with one attached hydrogen (secondary N) is 1. The molecule has 0 aromatic carbocycles. The standard InChI is InChI=1S/C10H12N2.C6H10O4/c1-2-7-12-10(5-1)9-4-3-6-11-8-9;7-5(8)3-1-2-4-6(9)10/h1-4,6,8,10,12H,5,7H2;1-4H2,(H,7,8)(H,9,10)/t10-;/m0./s1. The van der Waals surface area contributed by atoms with E-state index in [4.69, 9.17) is 10.2 Å². The number of hydrogen-bond donors (Lipinski definition) is 3. The Balaban J connectivity index is 0.000000225. The molecule has 1 aliphatic heterocycles. The van der Waals surface area contributed by atoms with Crippen molar-refractivity contribution in [3.63, 3.8) is 0 Å². The van der Waals surface area contributed by atoms with E-state index in [1.165, 1.54) is 5.56 Å². The Morgan fingerprint density at radius 1 is 1.18 bits per heavy atom. The van der Waals surface area contributed by atoms with Crippen LogP contribution in [-0.2, 0) is 9.59 Å². The Morgan fingerprint density at radius 3 is 2.32 bits per heavy atom. The number of pyridine rings is 1. The van der Waals surface area contributed by atoms with Gasteiger partial charge in [-0.3, -0.25) is 14.6 Å². The minimum Gasteiger partial charge on any atom is -0.481 e. The van der Waals surface area contributed by atoms with E-state index in [1.54, 1.807) is 0 Å². The fourth-order valence-corrected chi connectivity index (χ4v) is 2.00. The topological polar surface area (TPSA) is 99.5 Å². The van der Waals surface area contributed by atoms with Crippen LogP contribution in [0.25, 0.3) is 0 Å². The van der Waals surface area contributed by atoms with Gasteiger partial charge in [-0.1, -0.05) is 18.2 Å². The van der Waals surface area contributed by atoms with Crippen molar-refractivity contribution >= 4 is 11.9 Å². The molecule has 0 unspecified atom stereocenters. The summed E-state index contributed by atoms with van der Waals surface area (Å²) in [4.78, 5) is 23.9. The van der Waals surface area contributed by atoms with Crippen molar-refractivity contribution in [2.45, 2.75) is 38.1 Å². The van der Waals surface area contributed by atoms with E-state index in [0.29, 0.717) is 18.9 Å². The molecule has 0 amide bonds. The van der Waals surface area contributed by atoms with Crippen LogP contribution in [0.15, 0.2) is 36.7 Å². The monoisotopic (exact) mass is 306 g/mol. The number of aromatic nitrogens is 1. The summed E-state index contributed by atoms with van der Waals surface area (Å²) in [5, 5.41) is 19.7. The summed E-state index contributed by atoms with van der Waals surface area (Å²) < 4.78 is 0. The van der Waals surface area contributed by atoms with Gasteiger partial charge >= 0.3 is 11.9 Å². The third kappa shape index (κ3) is 8.16. The summed E-state index contributed by atoms with van der Waals surface area (Å²) in [6.45, 7) is 0.972. The summed E-state index contributed by atoms with van der Waals surface area (Å²) >= 11 is 0. The molecule has 0 saturated heterocycles. The Morgan fingerprint density at radius 2 is 1.86 bits per heavy atom. The van der Waals surface area contributed by atoms with Crippen LogP contribution in [0.2, 0.25) is 0 Å². The van der Waals surface area contributed by atoms with Crippen molar-refractivity contribution in [3.05, 3.63) is 42.2 Å².